The van der Waals surface area contributed by atoms with E-state index < -0.39 is 10.0 Å². The highest BCUT2D eigenvalue weighted by Crippen LogP contribution is 2.32. The number of sulfonamides is 1. The van der Waals surface area contributed by atoms with Crippen LogP contribution in [0.2, 0.25) is 0 Å². The number of aryl methyl sites for hydroxylation is 3. The second kappa shape index (κ2) is 7.63. The van der Waals surface area contributed by atoms with Crippen molar-refractivity contribution in [3.63, 3.8) is 0 Å². The molecule has 1 saturated heterocycles. The molecule has 1 fully saturated rings. The zero-order valence-corrected chi connectivity index (χ0v) is 18.7. The van der Waals surface area contributed by atoms with Gasteiger partial charge in [-0.05, 0) is 32.2 Å². The molecule has 4 rings (SSSR count). The van der Waals surface area contributed by atoms with Gasteiger partial charge in [0.15, 0.2) is 5.76 Å². The van der Waals surface area contributed by atoms with Gasteiger partial charge in [0.05, 0.1) is 10.6 Å². The van der Waals surface area contributed by atoms with Gasteiger partial charge < -0.3 is 9.42 Å². The van der Waals surface area contributed by atoms with Gasteiger partial charge in [-0.25, -0.2) is 13.4 Å². The SMILES string of the molecule is Cc1nc(-c2cccs2)sc1C(=O)N1CCN(S(=O)(=O)c2c(C)noc2C)CC1. The molecule has 1 aliphatic rings. The molecule has 0 radical (unpaired) electrons. The summed E-state index contributed by atoms with van der Waals surface area (Å²) in [6.07, 6.45) is 0. The summed E-state index contributed by atoms with van der Waals surface area (Å²) in [7, 11) is -3.70. The van der Waals surface area contributed by atoms with Crippen molar-refractivity contribution in [1.29, 1.82) is 0 Å². The van der Waals surface area contributed by atoms with Gasteiger partial charge >= 0.3 is 0 Å². The van der Waals surface area contributed by atoms with Crippen LogP contribution >= 0.6 is 22.7 Å². The van der Waals surface area contributed by atoms with Crippen LogP contribution in [-0.4, -0.2) is 59.8 Å². The van der Waals surface area contributed by atoms with E-state index in [0.717, 1.165) is 9.88 Å². The molecular formula is C18H20N4O4S3. The molecule has 0 N–H and O–H groups in total. The lowest BCUT2D eigenvalue weighted by Crippen LogP contribution is -2.50. The Labute approximate surface area is 176 Å². The molecule has 0 unspecified atom stereocenters. The number of hydrogen-bond acceptors (Lipinski definition) is 8. The minimum Gasteiger partial charge on any atom is -0.360 e. The Morgan fingerprint density at radius 2 is 1.86 bits per heavy atom. The van der Waals surface area contributed by atoms with Gasteiger partial charge in [-0.2, -0.15) is 4.31 Å². The van der Waals surface area contributed by atoms with Gasteiger partial charge in [0.1, 0.15) is 20.5 Å². The Morgan fingerprint density at radius 3 is 2.45 bits per heavy atom. The second-order valence-electron chi connectivity index (χ2n) is 6.76. The summed E-state index contributed by atoms with van der Waals surface area (Å²) in [6, 6.07) is 3.94. The third-order valence-electron chi connectivity index (χ3n) is 4.81. The van der Waals surface area contributed by atoms with Crippen LogP contribution in [0.4, 0.5) is 0 Å². The van der Waals surface area contributed by atoms with Gasteiger partial charge in [-0.1, -0.05) is 11.2 Å². The van der Waals surface area contributed by atoms with Gasteiger partial charge in [-0.3, -0.25) is 4.79 Å². The van der Waals surface area contributed by atoms with E-state index in [1.807, 2.05) is 24.4 Å². The summed E-state index contributed by atoms with van der Waals surface area (Å²) in [5.41, 5.74) is 1.05. The van der Waals surface area contributed by atoms with Crippen LogP contribution in [0.5, 0.6) is 0 Å². The fraction of sp³-hybridized carbons (Fsp3) is 0.389. The molecule has 0 spiro atoms. The lowest BCUT2D eigenvalue weighted by atomic mass is 10.3. The molecule has 0 saturated carbocycles. The highest BCUT2D eigenvalue weighted by molar-refractivity contribution is 7.89. The average molecular weight is 453 g/mol. The highest BCUT2D eigenvalue weighted by atomic mass is 32.2. The average Bonchev–Trinajstić information content (AvgIpc) is 3.42. The van der Waals surface area contributed by atoms with Gasteiger partial charge in [-0.15, -0.1) is 22.7 Å². The number of piperazine rings is 1. The van der Waals surface area contributed by atoms with E-state index in [1.54, 1.807) is 30.1 Å². The molecule has 29 heavy (non-hydrogen) atoms. The van der Waals surface area contributed by atoms with Crippen LogP contribution in [0.15, 0.2) is 26.9 Å². The topological polar surface area (TPSA) is 96.6 Å². The van der Waals surface area contributed by atoms with Gasteiger partial charge in [0.25, 0.3) is 5.91 Å². The maximum absolute atomic E-state index is 13.0. The zero-order valence-electron chi connectivity index (χ0n) is 16.2. The molecule has 3 aromatic rings. The minimum absolute atomic E-state index is 0.0998. The minimum atomic E-state index is -3.70. The van der Waals surface area contributed by atoms with Gasteiger partial charge in [0, 0.05) is 26.2 Å². The summed E-state index contributed by atoms with van der Waals surface area (Å²) in [5.74, 6) is 0.180. The van der Waals surface area contributed by atoms with Crippen LogP contribution in [0.1, 0.15) is 26.8 Å². The number of carbonyl (C=O) groups is 1. The van der Waals surface area contributed by atoms with E-state index in [9.17, 15) is 13.2 Å². The van der Waals surface area contributed by atoms with Crippen molar-refractivity contribution in [3.05, 3.63) is 39.5 Å². The van der Waals surface area contributed by atoms with Crippen molar-refractivity contribution in [1.82, 2.24) is 19.3 Å². The first-order valence-electron chi connectivity index (χ1n) is 9.02. The predicted octanol–water partition coefficient (Wildman–Crippen LogP) is 2.93. The Morgan fingerprint density at radius 1 is 1.14 bits per heavy atom. The van der Waals surface area contributed by atoms with Gasteiger partial charge in [0.2, 0.25) is 10.0 Å². The summed E-state index contributed by atoms with van der Waals surface area (Å²) < 4.78 is 32.3. The predicted molar refractivity (Wildman–Crippen MR) is 111 cm³/mol. The van der Waals surface area contributed by atoms with Crippen molar-refractivity contribution in [2.45, 2.75) is 25.7 Å². The number of hydrogen-bond donors (Lipinski definition) is 0. The molecule has 0 aromatic carbocycles. The fourth-order valence-corrected chi connectivity index (χ4v) is 6.89. The molecule has 11 heteroatoms. The summed E-state index contributed by atoms with van der Waals surface area (Å²) in [5, 5.41) is 6.56. The molecule has 0 bridgehead atoms. The second-order valence-corrected chi connectivity index (χ2v) is 10.6. The molecular weight excluding hydrogens is 432 g/mol. The Balaban J connectivity index is 1.48. The largest absolute Gasteiger partial charge is 0.360 e. The molecule has 3 aromatic heterocycles. The van der Waals surface area contributed by atoms with Crippen LogP contribution < -0.4 is 0 Å². The number of nitrogens with zero attached hydrogens (tertiary/aromatic N) is 4. The number of rotatable bonds is 4. The normalized spacial score (nSPS) is 15.8. The first-order chi connectivity index (χ1) is 13.8. The number of amides is 1. The lowest BCUT2D eigenvalue weighted by Gasteiger charge is -2.33. The molecule has 0 atom stereocenters. The third kappa shape index (κ3) is 3.63. The number of thiophene rings is 1. The molecule has 0 aliphatic carbocycles. The van der Waals surface area contributed by atoms with E-state index in [-0.39, 0.29) is 29.7 Å². The van der Waals surface area contributed by atoms with Crippen molar-refractivity contribution >= 4 is 38.6 Å². The molecule has 154 valence electrons. The van der Waals surface area contributed by atoms with E-state index in [1.165, 1.54) is 15.6 Å². The highest BCUT2D eigenvalue weighted by Gasteiger charge is 2.35. The monoisotopic (exact) mass is 452 g/mol. The van der Waals surface area contributed by atoms with Crippen molar-refractivity contribution in [2.24, 2.45) is 0 Å². The molecule has 4 heterocycles. The number of carbonyl (C=O) groups excluding carboxylic acids is 1. The van der Waals surface area contributed by atoms with E-state index in [2.05, 4.69) is 10.1 Å². The molecule has 1 aliphatic heterocycles. The van der Waals surface area contributed by atoms with Crippen molar-refractivity contribution in [2.75, 3.05) is 26.2 Å². The maximum Gasteiger partial charge on any atom is 0.265 e. The Hall–Kier alpha value is -2.08. The van der Waals surface area contributed by atoms with E-state index in [0.29, 0.717) is 29.4 Å². The molecule has 1 amide bonds. The number of thiazole rings is 1. The van der Waals surface area contributed by atoms with Crippen LogP contribution in [0.25, 0.3) is 9.88 Å². The van der Waals surface area contributed by atoms with Crippen LogP contribution in [0.3, 0.4) is 0 Å². The fourth-order valence-electron chi connectivity index (χ4n) is 3.35. The first-order valence-corrected chi connectivity index (χ1v) is 12.2. The van der Waals surface area contributed by atoms with Crippen LogP contribution in [-0.2, 0) is 10.0 Å². The Kier molecular flexibility index (Phi) is 5.32. The quantitative estimate of drug-likeness (QED) is 0.604. The lowest BCUT2D eigenvalue weighted by molar-refractivity contribution is 0.0701. The Bertz CT molecular complexity index is 1120. The summed E-state index contributed by atoms with van der Waals surface area (Å²) >= 11 is 2.97. The first kappa shape index (κ1) is 20.2. The maximum atomic E-state index is 13.0. The van der Waals surface area contributed by atoms with Crippen LogP contribution in [0, 0.1) is 20.8 Å². The number of aromatic nitrogens is 2. The third-order valence-corrected chi connectivity index (χ3v) is 9.14. The van der Waals surface area contributed by atoms with Crippen molar-refractivity contribution in [3.8, 4) is 9.88 Å². The van der Waals surface area contributed by atoms with Crippen molar-refractivity contribution < 1.29 is 17.7 Å². The van der Waals surface area contributed by atoms with E-state index in [4.69, 9.17) is 4.52 Å². The summed E-state index contributed by atoms with van der Waals surface area (Å²) in [4.78, 5) is 21.0. The standard InChI is InChI=1S/C18H20N4O4S3/c1-11-15(28-17(19-11)14-5-4-10-27-14)18(23)21-6-8-22(9-7-21)29(24,25)16-12(2)20-26-13(16)3/h4-5,10H,6-9H2,1-3H3. The summed E-state index contributed by atoms with van der Waals surface area (Å²) in [6.45, 7) is 6.14. The van der Waals surface area contributed by atoms with E-state index >= 15 is 0 Å². The zero-order chi connectivity index (χ0) is 20.8. The molecule has 8 nitrogen and oxygen atoms in total. The smallest absolute Gasteiger partial charge is 0.265 e.